The van der Waals surface area contributed by atoms with Gasteiger partial charge >= 0.3 is 12.2 Å². The Morgan fingerprint density at radius 1 is 1.14 bits per heavy atom. The Morgan fingerprint density at radius 2 is 1.77 bits per heavy atom. The first-order valence-corrected chi connectivity index (χ1v) is 11.5. The van der Waals surface area contributed by atoms with Gasteiger partial charge in [0.15, 0.2) is 0 Å². The molecule has 1 unspecified atom stereocenters. The fraction of sp³-hybridized carbons (Fsp3) is 0.440. The second-order valence-electron chi connectivity index (χ2n) is 8.04. The number of amides is 3. The van der Waals surface area contributed by atoms with E-state index in [0.717, 1.165) is 35.4 Å². The number of benzene rings is 2. The summed E-state index contributed by atoms with van der Waals surface area (Å²) in [4.78, 5) is 26.4. The van der Waals surface area contributed by atoms with Crippen LogP contribution in [-0.2, 0) is 22.1 Å². The average Bonchev–Trinajstić information content (AvgIpc) is 2.80. The predicted molar refractivity (Wildman–Crippen MR) is 134 cm³/mol. The number of urea groups is 1. The number of halogens is 4. The SMILES string of the molecule is CCc1cccc(C)c1N(C(=O)CCl)C(C)COC.CN(C)C(=O)Nc1cccc(C(F)(F)F)c1. The van der Waals surface area contributed by atoms with Gasteiger partial charge in [-0.15, -0.1) is 11.6 Å². The van der Waals surface area contributed by atoms with Gasteiger partial charge in [-0.25, -0.2) is 4.79 Å². The van der Waals surface area contributed by atoms with Gasteiger partial charge < -0.3 is 19.9 Å². The summed E-state index contributed by atoms with van der Waals surface area (Å²) in [5.41, 5.74) is 2.54. The maximum Gasteiger partial charge on any atom is 0.416 e. The first-order chi connectivity index (χ1) is 16.4. The first-order valence-electron chi connectivity index (χ1n) is 11.0. The molecule has 35 heavy (non-hydrogen) atoms. The van der Waals surface area contributed by atoms with E-state index in [9.17, 15) is 22.8 Å². The summed E-state index contributed by atoms with van der Waals surface area (Å²) in [6.45, 7) is 6.56. The Balaban J connectivity index is 0.000000355. The van der Waals surface area contributed by atoms with Crippen LogP contribution in [0, 0.1) is 6.92 Å². The molecule has 2 aromatic rings. The number of rotatable bonds is 7. The number of aryl methyl sites for hydroxylation is 2. The van der Waals surface area contributed by atoms with E-state index in [1.807, 2.05) is 26.0 Å². The molecule has 6 nitrogen and oxygen atoms in total. The number of nitrogens with zero attached hydrogens (tertiary/aromatic N) is 2. The summed E-state index contributed by atoms with van der Waals surface area (Å²) in [7, 11) is 4.64. The minimum absolute atomic E-state index is 0.0223. The van der Waals surface area contributed by atoms with Crippen LogP contribution in [0.3, 0.4) is 0 Å². The highest BCUT2D eigenvalue weighted by atomic mass is 35.5. The second-order valence-corrected chi connectivity index (χ2v) is 8.31. The molecule has 0 aliphatic rings. The molecule has 0 aliphatic carbocycles. The lowest BCUT2D eigenvalue weighted by molar-refractivity contribution is -0.137. The molecule has 0 radical (unpaired) electrons. The minimum atomic E-state index is -4.40. The number of hydrogen-bond acceptors (Lipinski definition) is 3. The molecule has 0 spiro atoms. The average molecular weight is 516 g/mol. The lowest BCUT2D eigenvalue weighted by Crippen LogP contribution is -2.43. The number of alkyl halides is 4. The molecule has 10 heteroatoms. The smallest absolute Gasteiger partial charge is 0.383 e. The van der Waals surface area contributed by atoms with Crippen molar-refractivity contribution < 1.29 is 27.5 Å². The van der Waals surface area contributed by atoms with Gasteiger partial charge in [-0.1, -0.05) is 31.2 Å². The van der Waals surface area contributed by atoms with Crippen LogP contribution in [0.1, 0.15) is 30.5 Å². The van der Waals surface area contributed by atoms with E-state index >= 15 is 0 Å². The first kappa shape index (κ1) is 30.3. The Bertz CT molecular complexity index is 984. The third-order valence-electron chi connectivity index (χ3n) is 5.02. The normalized spacial score (nSPS) is 11.7. The summed E-state index contributed by atoms with van der Waals surface area (Å²) >= 11 is 5.76. The third-order valence-corrected chi connectivity index (χ3v) is 5.25. The molecule has 1 N–H and O–H groups in total. The van der Waals surface area contributed by atoms with Crippen molar-refractivity contribution in [1.29, 1.82) is 0 Å². The standard InChI is InChI=1S/C15H22ClNO2.C10H11F3N2O/c1-5-13-8-6-7-11(2)15(13)17(14(18)9-16)12(3)10-19-4;1-15(2)9(16)14-8-5-3-4-7(6-8)10(11,12)13/h6-8,12H,5,9-10H2,1-4H3;3-6H,1-2H3,(H,14,16). The Hall–Kier alpha value is -2.78. The summed E-state index contributed by atoms with van der Waals surface area (Å²) in [6, 6.07) is 10.1. The molecule has 0 saturated carbocycles. The molecule has 0 saturated heterocycles. The van der Waals surface area contributed by atoms with Crippen molar-refractivity contribution in [3.63, 3.8) is 0 Å². The Kier molecular flexibility index (Phi) is 12.1. The van der Waals surface area contributed by atoms with E-state index < -0.39 is 17.8 Å². The largest absolute Gasteiger partial charge is 0.416 e. The number of carbonyl (C=O) groups excluding carboxylic acids is 2. The number of carbonyl (C=O) groups is 2. The molecule has 2 rings (SSSR count). The quantitative estimate of drug-likeness (QED) is 0.463. The number of hydrogen-bond donors (Lipinski definition) is 1. The molecule has 0 aromatic heterocycles. The zero-order valence-electron chi connectivity index (χ0n) is 20.9. The molecule has 0 fully saturated rings. The molecule has 0 heterocycles. The second kappa shape index (κ2) is 13.9. The van der Waals surface area contributed by atoms with Gasteiger partial charge in [0.1, 0.15) is 5.88 Å². The van der Waals surface area contributed by atoms with E-state index in [0.29, 0.717) is 6.61 Å². The fourth-order valence-corrected chi connectivity index (χ4v) is 3.46. The van der Waals surface area contributed by atoms with Crippen LogP contribution in [-0.4, -0.2) is 56.6 Å². The van der Waals surface area contributed by atoms with Crippen LogP contribution in [0.25, 0.3) is 0 Å². The van der Waals surface area contributed by atoms with Crippen LogP contribution >= 0.6 is 11.6 Å². The summed E-state index contributed by atoms with van der Waals surface area (Å²) in [6.07, 6.45) is -3.53. The number of para-hydroxylation sites is 1. The minimum Gasteiger partial charge on any atom is -0.383 e. The van der Waals surface area contributed by atoms with E-state index in [1.54, 1.807) is 12.0 Å². The van der Waals surface area contributed by atoms with E-state index in [2.05, 4.69) is 18.3 Å². The molecule has 0 bridgehead atoms. The van der Waals surface area contributed by atoms with Crippen molar-refractivity contribution in [3.8, 4) is 0 Å². The van der Waals surface area contributed by atoms with Crippen molar-refractivity contribution in [1.82, 2.24) is 4.90 Å². The van der Waals surface area contributed by atoms with E-state index in [4.69, 9.17) is 16.3 Å². The highest BCUT2D eigenvalue weighted by Gasteiger charge is 2.30. The third kappa shape index (κ3) is 9.07. The molecule has 2 aromatic carbocycles. The molecular formula is C25H33ClF3N3O3. The van der Waals surface area contributed by atoms with Gasteiger partial charge in [-0.3, -0.25) is 4.79 Å². The molecule has 194 valence electrons. The number of ether oxygens (including phenoxy) is 1. The lowest BCUT2D eigenvalue weighted by Gasteiger charge is -2.31. The predicted octanol–water partition coefficient (Wildman–Crippen LogP) is 5.96. The molecule has 1 atom stereocenters. The van der Waals surface area contributed by atoms with Crippen LogP contribution in [0.5, 0.6) is 0 Å². The van der Waals surface area contributed by atoms with Gasteiger partial charge in [0.2, 0.25) is 5.91 Å². The van der Waals surface area contributed by atoms with Gasteiger partial charge in [0, 0.05) is 26.9 Å². The monoisotopic (exact) mass is 515 g/mol. The highest BCUT2D eigenvalue weighted by molar-refractivity contribution is 6.29. The lowest BCUT2D eigenvalue weighted by atomic mass is 10.0. The summed E-state index contributed by atoms with van der Waals surface area (Å²) in [5.74, 6) is -0.110. The van der Waals surface area contributed by atoms with Crippen molar-refractivity contribution in [2.24, 2.45) is 0 Å². The van der Waals surface area contributed by atoms with Crippen molar-refractivity contribution in [2.75, 3.05) is 43.9 Å². The van der Waals surface area contributed by atoms with Crippen molar-refractivity contribution in [3.05, 3.63) is 59.2 Å². The number of methoxy groups -OCH3 is 1. The Morgan fingerprint density at radius 3 is 2.29 bits per heavy atom. The van der Waals surface area contributed by atoms with E-state index in [-0.39, 0.29) is 23.5 Å². The molecular weight excluding hydrogens is 483 g/mol. The molecule has 0 aliphatic heterocycles. The van der Waals surface area contributed by atoms with Gasteiger partial charge in [0.05, 0.1) is 23.9 Å². The van der Waals surface area contributed by atoms with Crippen LogP contribution in [0.15, 0.2) is 42.5 Å². The highest BCUT2D eigenvalue weighted by Crippen LogP contribution is 2.31. The van der Waals surface area contributed by atoms with Gasteiger partial charge in [-0.2, -0.15) is 13.2 Å². The zero-order valence-corrected chi connectivity index (χ0v) is 21.6. The number of anilines is 2. The summed E-state index contributed by atoms with van der Waals surface area (Å²) in [5, 5.41) is 2.34. The Labute approximate surface area is 210 Å². The van der Waals surface area contributed by atoms with Gasteiger partial charge in [-0.05, 0) is 49.6 Å². The fourth-order valence-electron chi connectivity index (χ4n) is 3.33. The van der Waals surface area contributed by atoms with Gasteiger partial charge in [0.25, 0.3) is 0 Å². The summed E-state index contributed by atoms with van der Waals surface area (Å²) < 4.78 is 42.2. The van der Waals surface area contributed by atoms with Crippen molar-refractivity contribution in [2.45, 2.75) is 39.4 Å². The molecule has 3 amide bonds. The maximum absolute atomic E-state index is 12.3. The van der Waals surface area contributed by atoms with Crippen LogP contribution in [0.2, 0.25) is 0 Å². The van der Waals surface area contributed by atoms with E-state index in [1.165, 1.54) is 31.1 Å². The van der Waals surface area contributed by atoms with Crippen LogP contribution < -0.4 is 10.2 Å². The maximum atomic E-state index is 12.3. The topological polar surface area (TPSA) is 61.9 Å². The van der Waals surface area contributed by atoms with Crippen LogP contribution in [0.4, 0.5) is 29.3 Å². The van der Waals surface area contributed by atoms with Crippen molar-refractivity contribution >= 4 is 34.9 Å². The number of nitrogens with one attached hydrogen (secondary N) is 1. The zero-order chi connectivity index (χ0) is 26.8.